The molecule has 2 heteroatoms. The summed E-state index contributed by atoms with van der Waals surface area (Å²) in [7, 11) is 0. The van der Waals surface area contributed by atoms with Crippen LogP contribution in [0.5, 0.6) is 0 Å². The molecule has 0 radical (unpaired) electrons. The van der Waals surface area contributed by atoms with Crippen molar-refractivity contribution in [1.29, 1.82) is 0 Å². The second-order valence-electron chi connectivity index (χ2n) is 16.9. The standard InChI is InChI=1S/C56H44N2/c1-55(2)49-29-17-15-23-41(49)43-33-31-39(35-51(43)55)57(37-19-7-5-8-20-37)53-45-25-11-13-27-47(45)54(48-28-14-12-26-46(48)53)58(38-21-9-6-10-22-38)40-32-34-44-42-24-16-18-30-50(42)56(3,4)52(44)36-40/h5-36H,1-4H3. The van der Waals surface area contributed by atoms with Crippen LogP contribution in [0.2, 0.25) is 0 Å². The van der Waals surface area contributed by atoms with Crippen LogP contribution in [0.15, 0.2) is 194 Å². The third kappa shape index (κ3) is 4.98. The summed E-state index contributed by atoms with van der Waals surface area (Å²) in [6, 6.07) is 71.8. The number of hydrogen-bond acceptors (Lipinski definition) is 2. The Labute approximate surface area is 341 Å². The maximum absolute atomic E-state index is 2.50. The zero-order valence-corrected chi connectivity index (χ0v) is 33.4. The van der Waals surface area contributed by atoms with E-state index in [1.807, 2.05) is 0 Å². The molecular formula is C56H44N2. The molecule has 0 saturated heterocycles. The fourth-order valence-electron chi connectivity index (χ4n) is 10.2. The van der Waals surface area contributed by atoms with E-state index in [0.717, 1.165) is 22.7 Å². The van der Waals surface area contributed by atoms with Crippen molar-refractivity contribution in [3.63, 3.8) is 0 Å². The van der Waals surface area contributed by atoms with Gasteiger partial charge in [-0.25, -0.2) is 0 Å². The number of anilines is 6. The Bertz CT molecular complexity index is 2800. The summed E-state index contributed by atoms with van der Waals surface area (Å²) < 4.78 is 0. The lowest BCUT2D eigenvalue weighted by molar-refractivity contribution is 0.660. The van der Waals surface area contributed by atoms with Crippen LogP contribution in [0.25, 0.3) is 43.8 Å². The first kappa shape index (κ1) is 34.4. The largest absolute Gasteiger partial charge is 0.309 e. The van der Waals surface area contributed by atoms with E-state index in [1.165, 1.54) is 77.4 Å². The van der Waals surface area contributed by atoms with Crippen LogP contribution in [0.1, 0.15) is 49.9 Å². The van der Waals surface area contributed by atoms with Crippen molar-refractivity contribution in [3.05, 3.63) is 216 Å². The zero-order valence-electron chi connectivity index (χ0n) is 33.4. The first-order chi connectivity index (χ1) is 28.3. The molecule has 2 nitrogen and oxygen atoms in total. The Balaban J connectivity index is 1.19. The molecule has 0 N–H and O–H groups in total. The predicted octanol–water partition coefficient (Wildman–Crippen LogP) is 15.5. The highest BCUT2D eigenvalue weighted by Gasteiger charge is 2.38. The van der Waals surface area contributed by atoms with E-state index in [9.17, 15) is 0 Å². The van der Waals surface area contributed by atoms with Crippen molar-refractivity contribution in [2.45, 2.75) is 38.5 Å². The van der Waals surface area contributed by atoms with Gasteiger partial charge >= 0.3 is 0 Å². The molecule has 0 spiro atoms. The molecule has 2 aliphatic rings. The molecule has 11 rings (SSSR count). The van der Waals surface area contributed by atoms with Gasteiger partial charge in [0.25, 0.3) is 0 Å². The zero-order chi connectivity index (χ0) is 39.2. The molecular weight excluding hydrogens is 701 g/mol. The van der Waals surface area contributed by atoms with Crippen LogP contribution in [-0.4, -0.2) is 0 Å². The van der Waals surface area contributed by atoms with Gasteiger partial charge in [-0.3, -0.25) is 0 Å². The van der Waals surface area contributed by atoms with E-state index in [1.54, 1.807) is 0 Å². The van der Waals surface area contributed by atoms with E-state index < -0.39 is 0 Å². The second kappa shape index (κ2) is 12.8. The van der Waals surface area contributed by atoms with Gasteiger partial charge in [0, 0.05) is 55.1 Å². The molecule has 0 unspecified atom stereocenters. The SMILES string of the molecule is CC1(C)c2ccccc2-c2ccc(N(c3ccccc3)c3c4ccccc4c(N(c4ccccc4)c4ccc5c(c4)C(C)(C)c4ccccc4-5)c4ccccc34)cc21. The highest BCUT2D eigenvalue weighted by atomic mass is 15.2. The van der Waals surface area contributed by atoms with Crippen molar-refractivity contribution in [2.24, 2.45) is 0 Å². The molecule has 0 saturated carbocycles. The molecule has 0 heterocycles. The molecule has 0 aromatic heterocycles. The topological polar surface area (TPSA) is 6.48 Å². The van der Waals surface area contributed by atoms with Gasteiger partial charge in [-0.2, -0.15) is 0 Å². The number of hydrogen-bond donors (Lipinski definition) is 0. The number of rotatable bonds is 6. The lowest BCUT2D eigenvalue weighted by Gasteiger charge is -2.33. The summed E-state index contributed by atoms with van der Waals surface area (Å²) in [6.45, 7) is 9.46. The van der Waals surface area contributed by atoms with Gasteiger partial charge in [-0.1, -0.05) is 173 Å². The maximum atomic E-state index is 2.50. The third-order valence-electron chi connectivity index (χ3n) is 13.0. The van der Waals surface area contributed by atoms with Crippen molar-refractivity contribution in [2.75, 3.05) is 9.80 Å². The van der Waals surface area contributed by atoms with Crippen molar-refractivity contribution in [3.8, 4) is 22.3 Å². The number of fused-ring (bicyclic) bond motifs is 8. The van der Waals surface area contributed by atoms with Gasteiger partial charge in [-0.05, 0) is 93.0 Å². The molecule has 58 heavy (non-hydrogen) atoms. The van der Waals surface area contributed by atoms with Gasteiger partial charge < -0.3 is 9.80 Å². The number of benzene rings is 9. The predicted molar refractivity (Wildman–Crippen MR) is 246 cm³/mol. The highest BCUT2D eigenvalue weighted by Crippen LogP contribution is 2.55. The van der Waals surface area contributed by atoms with Crippen LogP contribution >= 0.6 is 0 Å². The van der Waals surface area contributed by atoms with Gasteiger partial charge in [0.05, 0.1) is 11.4 Å². The first-order valence-electron chi connectivity index (χ1n) is 20.4. The molecule has 0 amide bonds. The summed E-state index contributed by atoms with van der Waals surface area (Å²) in [6.07, 6.45) is 0. The van der Waals surface area contributed by atoms with E-state index in [4.69, 9.17) is 0 Å². The van der Waals surface area contributed by atoms with Crippen molar-refractivity contribution >= 4 is 55.7 Å². The summed E-state index contributed by atoms with van der Waals surface area (Å²) in [5.74, 6) is 0. The molecule has 9 aromatic carbocycles. The molecule has 9 aromatic rings. The molecule has 278 valence electrons. The van der Waals surface area contributed by atoms with E-state index >= 15 is 0 Å². The average Bonchev–Trinajstić information content (AvgIpc) is 3.64. The highest BCUT2D eigenvalue weighted by molar-refractivity contribution is 6.23. The number of para-hydroxylation sites is 2. The summed E-state index contributed by atoms with van der Waals surface area (Å²) in [5, 5.41) is 4.77. The lowest BCUT2D eigenvalue weighted by atomic mass is 9.82. The monoisotopic (exact) mass is 744 g/mol. The quantitative estimate of drug-likeness (QED) is 0.124. The minimum absolute atomic E-state index is 0.125. The van der Waals surface area contributed by atoms with Crippen LogP contribution in [-0.2, 0) is 10.8 Å². The summed E-state index contributed by atoms with van der Waals surface area (Å²) in [5.41, 5.74) is 17.4. The Morgan fingerprint density at radius 2 is 0.586 bits per heavy atom. The van der Waals surface area contributed by atoms with E-state index in [0.29, 0.717) is 0 Å². The van der Waals surface area contributed by atoms with Gasteiger partial charge in [0.2, 0.25) is 0 Å². The van der Waals surface area contributed by atoms with Crippen molar-refractivity contribution < 1.29 is 0 Å². The Hall–Kier alpha value is -6.90. The molecule has 2 aliphatic carbocycles. The van der Waals surface area contributed by atoms with Gasteiger partial charge in [0.1, 0.15) is 0 Å². The second-order valence-corrected chi connectivity index (χ2v) is 16.9. The Kier molecular flexibility index (Phi) is 7.59. The fourth-order valence-corrected chi connectivity index (χ4v) is 10.2. The molecule has 0 fully saturated rings. The average molecular weight is 745 g/mol. The lowest BCUT2D eigenvalue weighted by Crippen LogP contribution is -2.18. The maximum Gasteiger partial charge on any atom is 0.0619 e. The smallest absolute Gasteiger partial charge is 0.0619 e. The molecule has 0 bridgehead atoms. The van der Waals surface area contributed by atoms with Crippen LogP contribution in [0.4, 0.5) is 34.1 Å². The van der Waals surface area contributed by atoms with Crippen molar-refractivity contribution in [1.82, 2.24) is 0 Å². The molecule has 0 aliphatic heterocycles. The minimum Gasteiger partial charge on any atom is -0.309 e. The normalized spacial score (nSPS) is 14.1. The van der Waals surface area contributed by atoms with E-state index in [2.05, 4.69) is 232 Å². The van der Waals surface area contributed by atoms with Crippen LogP contribution in [0, 0.1) is 0 Å². The Morgan fingerprint density at radius 1 is 0.276 bits per heavy atom. The third-order valence-corrected chi connectivity index (χ3v) is 13.0. The van der Waals surface area contributed by atoms with Crippen LogP contribution < -0.4 is 9.80 Å². The summed E-state index contributed by atoms with van der Waals surface area (Å²) >= 11 is 0. The van der Waals surface area contributed by atoms with E-state index in [-0.39, 0.29) is 10.8 Å². The summed E-state index contributed by atoms with van der Waals surface area (Å²) in [4.78, 5) is 4.99. The van der Waals surface area contributed by atoms with Gasteiger partial charge in [0.15, 0.2) is 0 Å². The minimum atomic E-state index is -0.125. The van der Waals surface area contributed by atoms with Crippen LogP contribution in [0.3, 0.4) is 0 Å². The number of nitrogens with zero attached hydrogens (tertiary/aromatic N) is 2. The fraction of sp³-hybridized carbons (Fsp3) is 0.107. The first-order valence-corrected chi connectivity index (χ1v) is 20.4. The molecule has 0 atom stereocenters. The Morgan fingerprint density at radius 3 is 0.966 bits per heavy atom. The van der Waals surface area contributed by atoms with Gasteiger partial charge in [-0.15, -0.1) is 0 Å².